The fourth-order valence-electron chi connectivity index (χ4n) is 2.24. The van der Waals surface area contributed by atoms with Gasteiger partial charge in [-0.2, -0.15) is 5.26 Å². The minimum absolute atomic E-state index is 0.549. The minimum atomic E-state index is -0.721. The molecule has 0 aliphatic heterocycles. The highest BCUT2D eigenvalue weighted by Gasteiger charge is 2.32. The molecule has 0 amide bonds. The first-order valence-corrected chi connectivity index (χ1v) is 6.41. The highest BCUT2D eigenvalue weighted by atomic mass is 15.1. The molecule has 4 nitrogen and oxygen atoms in total. The second-order valence-electron chi connectivity index (χ2n) is 4.52. The third-order valence-corrected chi connectivity index (χ3v) is 3.27. The van der Waals surface area contributed by atoms with Gasteiger partial charge in [-0.3, -0.25) is 5.32 Å². The third-order valence-electron chi connectivity index (χ3n) is 3.27. The number of hydrogen-bond donors (Lipinski definition) is 1. The molecule has 0 radical (unpaired) electrons. The Morgan fingerprint density at radius 3 is 2.63 bits per heavy atom. The Morgan fingerprint density at radius 2 is 2.11 bits per heavy atom. The van der Waals surface area contributed by atoms with Gasteiger partial charge in [-0.1, -0.05) is 37.3 Å². The van der Waals surface area contributed by atoms with Crippen LogP contribution >= 0.6 is 0 Å². The largest absolute Gasteiger partial charge is 0.332 e. The van der Waals surface area contributed by atoms with Crippen molar-refractivity contribution in [1.82, 2.24) is 14.9 Å². The molecule has 19 heavy (non-hydrogen) atoms. The van der Waals surface area contributed by atoms with E-state index in [-0.39, 0.29) is 0 Å². The van der Waals surface area contributed by atoms with Crippen molar-refractivity contribution in [1.29, 1.82) is 5.26 Å². The van der Waals surface area contributed by atoms with Crippen molar-refractivity contribution in [2.24, 2.45) is 0 Å². The molecule has 2 rings (SSSR count). The summed E-state index contributed by atoms with van der Waals surface area (Å²) in [7, 11) is 0. The van der Waals surface area contributed by atoms with Crippen molar-refractivity contribution >= 4 is 0 Å². The Kier molecular flexibility index (Phi) is 3.98. The highest BCUT2D eigenvalue weighted by molar-refractivity contribution is 5.31. The van der Waals surface area contributed by atoms with E-state index in [0.29, 0.717) is 6.54 Å². The molecule has 0 spiro atoms. The van der Waals surface area contributed by atoms with Crippen molar-refractivity contribution in [3.63, 3.8) is 0 Å². The van der Waals surface area contributed by atoms with Crippen molar-refractivity contribution in [2.45, 2.75) is 25.9 Å². The molecule has 1 atom stereocenters. The molecule has 0 aliphatic rings. The quantitative estimate of drug-likeness (QED) is 0.890. The first-order valence-electron chi connectivity index (χ1n) is 6.41. The average molecular weight is 254 g/mol. The normalized spacial score (nSPS) is 13.7. The topological polar surface area (TPSA) is 53.6 Å². The zero-order valence-electron chi connectivity index (χ0n) is 11.3. The third kappa shape index (κ3) is 2.67. The highest BCUT2D eigenvalue weighted by Crippen LogP contribution is 2.23. The summed E-state index contributed by atoms with van der Waals surface area (Å²) in [6.07, 6.45) is 3.66. The number of likely N-dealkylation sites (N-methyl/N-ethyl adjacent to an activating group) is 1. The Hall–Kier alpha value is -2.12. The van der Waals surface area contributed by atoms with Gasteiger partial charge in [0.25, 0.3) is 0 Å². The van der Waals surface area contributed by atoms with Crippen LogP contribution in [0.1, 0.15) is 18.3 Å². The number of imidazole rings is 1. The monoisotopic (exact) mass is 254 g/mol. The summed E-state index contributed by atoms with van der Waals surface area (Å²) in [6.45, 7) is 5.23. The lowest BCUT2D eigenvalue weighted by atomic mass is 9.91. The molecule has 1 unspecified atom stereocenters. The van der Waals surface area contributed by atoms with Gasteiger partial charge in [0, 0.05) is 12.4 Å². The maximum Gasteiger partial charge on any atom is 0.150 e. The summed E-state index contributed by atoms with van der Waals surface area (Å²) in [5, 5.41) is 13.0. The van der Waals surface area contributed by atoms with Crippen LogP contribution in [-0.4, -0.2) is 16.1 Å². The molecule has 0 saturated carbocycles. The van der Waals surface area contributed by atoms with E-state index in [1.807, 2.05) is 54.9 Å². The van der Waals surface area contributed by atoms with Gasteiger partial charge >= 0.3 is 0 Å². The number of benzene rings is 1. The number of nitrogens with zero attached hydrogens (tertiary/aromatic N) is 3. The molecule has 1 N–H and O–H groups in total. The Bertz CT molecular complexity index is 567. The Morgan fingerprint density at radius 1 is 1.37 bits per heavy atom. The van der Waals surface area contributed by atoms with Crippen molar-refractivity contribution in [3.05, 3.63) is 54.1 Å². The van der Waals surface area contributed by atoms with Crippen molar-refractivity contribution < 1.29 is 0 Å². The number of nitrogens with one attached hydrogen (secondary N) is 1. The Labute approximate surface area is 113 Å². The van der Waals surface area contributed by atoms with E-state index in [9.17, 15) is 5.26 Å². The molecule has 1 heterocycles. The van der Waals surface area contributed by atoms with Gasteiger partial charge in [0.1, 0.15) is 11.4 Å². The van der Waals surface area contributed by atoms with E-state index in [4.69, 9.17) is 0 Å². The van der Waals surface area contributed by atoms with Crippen LogP contribution < -0.4 is 5.32 Å². The van der Waals surface area contributed by atoms with Crippen LogP contribution in [0.2, 0.25) is 0 Å². The van der Waals surface area contributed by atoms with E-state index in [2.05, 4.69) is 16.4 Å². The zero-order valence-corrected chi connectivity index (χ0v) is 11.3. The first kappa shape index (κ1) is 13.3. The summed E-state index contributed by atoms with van der Waals surface area (Å²) in [5.41, 5.74) is 0.258. The van der Waals surface area contributed by atoms with Gasteiger partial charge in [-0.05, 0) is 19.0 Å². The molecule has 98 valence electrons. The summed E-state index contributed by atoms with van der Waals surface area (Å²) >= 11 is 0. The fraction of sp³-hybridized carbons (Fsp3) is 0.333. The molecular weight excluding hydrogens is 236 g/mol. The molecule has 0 saturated heterocycles. The van der Waals surface area contributed by atoms with Gasteiger partial charge in [-0.25, -0.2) is 4.98 Å². The summed E-state index contributed by atoms with van der Waals surface area (Å²) in [4.78, 5) is 4.21. The lowest BCUT2D eigenvalue weighted by Crippen LogP contribution is -2.44. The molecule has 1 aromatic carbocycles. The fourth-order valence-corrected chi connectivity index (χ4v) is 2.24. The smallest absolute Gasteiger partial charge is 0.150 e. The van der Waals surface area contributed by atoms with E-state index in [0.717, 1.165) is 17.9 Å². The van der Waals surface area contributed by atoms with Gasteiger partial charge in [0.15, 0.2) is 0 Å². The number of hydrogen-bond acceptors (Lipinski definition) is 3. The van der Waals surface area contributed by atoms with Crippen LogP contribution in [0.15, 0.2) is 42.7 Å². The van der Waals surface area contributed by atoms with Gasteiger partial charge in [-0.15, -0.1) is 0 Å². The molecule has 1 aromatic heterocycles. The number of aryl methyl sites for hydroxylation is 1. The van der Waals surface area contributed by atoms with E-state index >= 15 is 0 Å². The van der Waals surface area contributed by atoms with Crippen LogP contribution in [0.25, 0.3) is 0 Å². The summed E-state index contributed by atoms with van der Waals surface area (Å²) in [6, 6.07) is 12.3. The maximum atomic E-state index is 9.70. The maximum absolute atomic E-state index is 9.70. The summed E-state index contributed by atoms with van der Waals surface area (Å²) < 4.78 is 2.00. The SMILES string of the molecule is CCNC(C#N)(Cn1ccnc1C)c1ccccc1. The molecule has 2 aromatic rings. The zero-order chi connectivity index (χ0) is 13.7. The van der Waals surface area contributed by atoms with E-state index in [1.165, 1.54) is 0 Å². The molecular formula is C15H18N4. The van der Waals surface area contributed by atoms with Crippen LogP contribution in [0.4, 0.5) is 0 Å². The average Bonchev–Trinajstić information content (AvgIpc) is 2.84. The van der Waals surface area contributed by atoms with Crippen LogP contribution in [0.3, 0.4) is 0 Å². The lowest BCUT2D eigenvalue weighted by molar-refractivity contribution is 0.373. The minimum Gasteiger partial charge on any atom is -0.332 e. The second kappa shape index (κ2) is 5.68. The molecule has 0 aliphatic carbocycles. The molecule has 0 bridgehead atoms. The number of rotatable bonds is 5. The van der Waals surface area contributed by atoms with Crippen molar-refractivity contribution in [2.75, 3.05) is 6.54 Å². The number of aromatic nitrogens is 2. The van der Waals surface area contributed by atoms with E-state index < -0.39 is 5.54 Å². The van der Waals surface area contributed by atoms with E-state index in [1.54, 1.807) is 6.20 Å². The predicted octanol–water partition coefficient (Wildman–Crippen LogP) is 2.22. The number of nitriles is 1. The summed E-state index contributed by atoms with van der Waals surface area (Å²) in [5.74, 6) is 0.911. The van der Waals surface area contributed by atoms with Crippen LogP contribution in [0.5, 0.6) is 0 Å². The van der Waals surface area contributed by atoms with Gasteiger partial charge in [0.2, 0.25) is 0 Å². The second-order valence-corrected chi connectivity index (χ2v) is 4.52. The molecule has 4 heteroatoms. The van der Waals surface area contributed by atoms with Crippen LogP contribution in [-0.2, 0) is 12.1 Å². The van der Waals surface area contributed by atoms with Crippen molar-refractivity contribution in [3.8, 4) is 6.07 Å². The van der Waals surface area contributed by atoms with Crippen LogP contribution in [0, 0.1) is 18.3 Å². The lowest BCUT2D eigenvalue weighted by Gasteiger charge is -2.29. The first-order chi connectivity index (χ1) is 9.22. The van der Waals surface area contributed by atoms with Gasteiger partial charge in [0.05, 0.1) is 12.6 Å². The Balaban J connectivity index is 2.41. The predicted molar refractivity (Wildman–Crippen MR) is 74.4 cm³/mol. The van der Waals surface area contributed by atoms with Gasteiger partial charge < -0.3 is 4.57 Å². The molecule has 0 fully saturated rings. The standard InChI is InChI=1S/C15H18N4/c1-3-18-15(11-16,14-7-5-4-6-8-14)12-19-10-9-17-13(19)2/h4-10,18H,3,12H2,1-2H3.